The first-order valence-corrected chi connectivity index (χ1v) is 5.84. The topological polar surface area (TPSA) is 55.1 Å². The molecule has 0 heterocycles. The zero-order valence-electron chi connectivity index (χ0n) is 10.8. The van der Waals surface area contributed by atoms with Gasteiger partial charge in [-0.05, 0) is 30.9 Å². The Morgan fingerprint density at radius 1 is 1.39 bits per heavy atom. The van der Waals surface area contributed by atoms with Gasteiger partial charge in [-0.2, -0.15) is 0 Å². The number of amides is 1. The van der Waals surface area contributed by atoms with E-state index >= 15 is 0 Å². The first-order chi connectivity index (χ1) is 8.32. The second-order valence-corrected chi connectivity index (χ2v) is 4.78. The first-order valence-electron chi connectivity index (χ1n) is 5.84. The summed E-state index contributed by atoms with van der Waals surface area (Å²) < 4.78 is 27.1. The molecule has 0 aliphatic carbocycles. The molecule has 1 unspecified atom stereocenters. The summed E-state index contributed by atoms with van der Waals surface area (Å²) in [7, 11) is 0. The molecule has 0 radical (unpaired) electrons. The number of halogens is 2. The van der Waals surface area contributed by atoms with Gasteiger partial charge in [-0.15, -0.1) is 0 Å². The van der Waals surface area contributed by atoms with E-state index in [0.717, 1.165) is 6.07 Å². The summed E-state index contributed by atoms with van der Waals surface area (Å²) in [6.07, 6.45) is 0.459. The van der Waals surface area contributed by atoms with E-state index in [4.69, 9.17) is 5.73 Å². The molecule has 0 fully saturated rings. The third kappa shape index (κ3) is 3.50. The Balaban J connectivity index is 2.85. The predicted molar refractivity (Wildman–Crippen MR) is 67.2 cm³/mol. The number of aryl methyl sites for hydroxylation is 1. The molecule has 0 saturated carbocycles. The highest BCUT2D eigenvalue weighted by molar-refractivity contribution is 5.95. The van der Waals surface area contributed by atoms with Crippen LogP contribution in [0.4, 0.5) is 14.5 Å². The molecule has 1 atom stereocenters. The maximum atomic E-state index is 13.7. The highest BCUT2D eigenvalue weighted by Gasteiger charge is 2.19. The minimum absolute atomic E-state index is 0.234. The van der Waals surface area contributed by atoms with Gasteiger partial charge in [0, 0.05) is 0 Å². The molecule has 100 valence electrons. The third-order valence-electron chi connectivity index (χ3n) is 2.59. The van der Waals surface area contributed by atoms with Gasteiger partial charge >= 0.3 is 0 Å². The van der Waals surface area contributed by atoms with Gasteiger partial charge < -0.3 is 11.1 Å². The summed E-state index contributed by atoms with van der Waals surface area (Å²) in [5.74, 6) is -1.91. The van der Waals surface area contributed by atoms with Crippen LogP contribution in [-0.4, -0.2) is 11.9 Å². The Morgan fingerprint density at radius 3 is 2.56 bits per heavy atom. The van der Waals surface area contributed by atoms with Gasteiger partial charge in [0.15, 0.2) is 5.82 Å². The van der Waals surface area contributed by atoms with Gasteiger partial charge in [-0.1, -0.05) is 19.9 Å². The lowest BCUT2D eigenvalue weighted by atomic mass is 10.0. The number of rotatable bonds is 4. The summed E-state index contributed by atoms with van der Waals surface area (Å²) >= 11 is 0. The van der Waals surface area contributed by atoms with Crippen LogP contribution in [0.2, 0.25) is 0 Å². The molecule has 3 nitrogen and oxygen atoms in total. The molecule has 0 bridgehead atoms. The molecule has 0 aliphatic heterocycles. The number of hydrogen-bond donors (Lipinski definition) is 2. The van der Waals surface area contributed by atoms with E-state index in [1.165, 1.54) is 13.0 Å². The lowest BCUT2D eigenvalue weighted by Crippen LogP contribution is -2.37. The van der Waals surface area contributed by atoms with Crippen molar-refractivity contribution < 1.29 is 13.6 Å². The fourth-order valence-electron chi connectivity index (χ4n) is 1.60. The van der Waals surface area contributed by atoms with E-state index in [-0.39, 0.29) is 11.5 Å². The van der Waals surface area contributed by atoms with Crippen LogP contribution in [0, 0.1) is 24.5 Å². The molecular formula is C13H18F2N2O. The molecule has 1 amide bonds. The Hall–Kier alpha value is -1.49. The maximum absolute atomic E-state index is 13.7. The monoisotopic (exact) mass is 256 g/mol. The fourth-order valence-corrected chi connectivity index (χ4v) is 1.60. The van der Waals surface area contributed by atoms with Crippen molar-refractivity contribution in [1.29, 1.82) is 0 Å². The highest BCUT2D eigenvalue weighted by atomic mass is 19.1. The lowest BCUT2D eigenvalue weighted by Gasteiger charge is -2.15. The first kappa shape index (κ1) is 14.6. The van der Waals surface area contributed by atoms with Crippen LogP contribution in [0.1, 0.15) is 25.8 Å². The molecule has 1 aromatic carbocycles. The normalized spacial score (nSPS) is 12.6. The number of nitrogens with one attached hydrogen (secondary N) is 1. The molecule has 1 rings (SSSR count). The molecule has 0 saturated heterocycles. The van der Waals surface area contributed by atoms with Crippen LogP contribution in [0.3, 0.4) is 0 Å². The van der Waals surface area contributed by atoms with Gasteiger partial charge in [0.05, 0.1) is 6.04 Å². The van der Waals surface area contributed by atoms with Crippen LogP contribution in [0.25, 0.3) is 0 Å². The zero-order valence-corrected chi connectivity index (χ0v) is 10.8. The molecule has 5 heteroatoms. The minimum Gasteiger partial charge on any atom is -0.320 e. The van der Waals surface area contributed by atoms with E-state index in [1.54, 1.807) is 0 Å². The maximum Gasteiger partial charge on any atom is 0.241 e. The number of carbonyl (C=O) groups excluding carboxylic acids is 1. The molecule has 18 heavy (non-hydrogen) atoms. The lowest BCUT2D eigenvalue weighted by molar-refractivity contribution is -0.117. The van der Waals surface area contributed by atoms with Crippen LogP contribution in [-0.2, 0) is 4.79 Å². The van der Waals surface area contributed by atoms with Crippen molar-refractivity contribution in [2.45, 2.75) is 33.2 Å². The molecule has 1 aromatic rings. The highest BCUT2D eigenvalue weighted by Crippen LogP contribution is 2.22. The van der Waals surface area contributed by atoms with E-state index < -0.39 is 29.3 Å². The molecule has 0 spiro atoms. The van der Waals surface area contributed by atoms with Gasteiger partial charge in [-0.3, -0.25) is 4.79 Å². The number of carbonyl (C=O) groups is 1. The molecule has 3 N–H and O–H groups in total. The van der Waals surface area contributed by atoms with Crippen molar-refractivity contribution in [3.8, 4) is 0 Å². The Kier molecular flexibility index (Phi) is 4.78. The van der Waals surface area contributed by atoms with Crippen LogP contribution in [0.15, 0.2) is 12.1 Å². The quantitative estimate of drug-likeness (QED) is 0.870. The number of nitrogens with two attached hydrogens (primary N) is 1. The number of benzene rings is 1. The van der Waals surface area contributed by atoms with Crippen molar-refractivity contribution in [2.24, 2.45) is 11.7 Å². The van der Waals surface area contributed by atoms with E-state index in [2.05, 4.69) is 5.32 Å². The van der Waals surface area contributed by atoms with Crippen LogP contribution < -0.4 is 11.1 Å². The largest absolute Gasteiger partial charge is 0.320 e. The average molecular weight is 256 g/mol. The summed E-state index contributed by atoms with van der Waals surface area (Å²) in [5.41, 5.74) is 5.48. The number of anilines is 1. The van der Waals surface area contributed by atoms with E-state index in [0.29, 0.717) is 6.42 Å². The van der Waals surface area contributed by atoms with Crippen molar-refractivity contribution in [1.82, 2.24) is 0 Å². The second-order valence-electron chi connectivity index (χ2n) is 4.78. The van der Waals surface area contributed by atoms with Crippen molar-refractivity contribution in [3.05, 3.63) is 29.3 Å². The summed E-state index contributed by atoms with van der Waals surface area (Å²) in [4.78, 5) is 11.7. The summed E-state index contributed by atoms with van der Waals surface area (Å²) in [6, 6.07) is 1.65. The summed E-state index contributed by atoms with van der Waals surface area (Å²) in [6.45, 7) is 5.33. The van der Waals surface area contributed by atoms with E-state index in [9.17, 15) is 13.6 Å². The molecular weight excluding hydrogens is 238 g/mol. The van der Waals surface area contributed by atoms with Crippen molar-refractivity contribution in [2.75, 3.05) is 5.32 Å². The van der Waals surface area contributed by atoms with Crippen LogP contribution in [0.5, 0.6) is 0 Å². The Morgan fingerprint density at radius 2 is 2.00 bits per heavy atom. The number of hydrogen-bond acceptors (Lipinski definition) is 2. The second kappa shape index (κ2) is 5.91. The predicted octanol–water partition coefficient (Wildman–Crippen LogP) is 2.59. The molecule has 0 aromatic heterocycles. The Bertz CT molecular complexity index is 447. The van der Waals surface area contributed by atoms with Gasteiger partial charge in [0.1, 0.15) is 11.5 Å². The average Bonchev–Trinajstić information content (AvgIpc) is 2.28. The standard InChI is InChI=1S/C13H18F2N2O/c1-7(2)6-10(16)13(18)17-12-9(14)5-4-8(3)11(12)15/h4-5,7,10H,6,16H2,1-3H3,(H,17,18). The van der Waals surface area contributed by atoms with Gasteiger partial charge in [0.25, 0.3) is 0 Å². The third-order valence-corrected chi connectivity index (χ3v) is 2.59. The van der Waals surface area contributed by atoms with Crippen molar-refractivity contribution in [3.63, 3.8) is 0 Å². The SMILES string of the molecule is Cc1ccc(F)c(NC(=O)C(N)CC(C)C)c1F. The zero-order chi connectivity index (χ0) is 13.9. The smallest absolute Gasteiger partial charge is 0.241 e. The van der Waals surface area contributed by atoms with E-state index in [1.807, 2.05) is 13.8 Å². The molecule has 0 aliphatic rings. The van der Waals surface area contributed by atoms with Gasteiger partial charge in [-0.25, -0.2) is 8.78 Å². The van der Waals surface area contributed by atoms with Crippen molar-refractivity contribution >= 4 is 11.6 Å². The fraction of sp³-hybridized carbons (Fsp3) is 0.462. The van der Waals surface area contributed by atoms with Gasteiger partial charge in [0.2, 0.25) is 5.91 Å². The summed E-state index contributed by atoms with van der Waals surface area (Å²) in [5, 5.41) is 2.21. The Labute approximate surface area is 105 Å². The van der Waals surface area contributed by atoms with Crippen LogP contribution >= 0.6 is 0 Å². The minimum atomic E-state index is -0.803.